The third-order valence-corrected chi connectivity index (χ3v) is 0.827. The van der Waals surface area contributed by atoms with Crippen molar-refractivity contribution in [2.45, 2.75) is 12.8 Å². The van der Waals surface area contributed by atoms with Gasteiger partial charge in [0.25, 0.3) is 0 Å². The van der Waals surface area contributed by atoms with E-state index in [1.807, 2.05) is 0 Å². The molecule has 1 aliphatic rings. The second-order valence-electron chi connectivity index (χ2n) is 1.75. The first-order valence-corrected chi connectivity index (χ1v) is 11.4. The van der Waals surface area contributed by atoms with Crippen molar-refractivity contribution in [3.8, 4) is 0 Å². The van der Waals surface area contributed by atoms with E-state index >= 15 is 0 Å². The van der Waals surface area contributed by atoms with Crippen molar-refractivity contribution >= 4 is 37.2 Å². The normalized spacial score (nSPS) is 18.0. The molecule has 0 radical (unpaired) electrons. The van der Waals surface area contributed by atoms with E-state index in [-0.39, 0.29) is 0 Å². The Kier molecular flexibility index (Phi) is 7.53. The Bertz CT molecular complexity index is 66.2. The molecule has 0 N–H and O–H groups in total. The predicted octanol–water partition coefficient (Wildman–Crippen LogP) is 3.55. The van der Waals surface area contributed by atoms with Gasteiger partial charge in [0, 0.05) is 13.2 Å². The fraction of sp³-hybridized carbons (Fsp3) is 1.00. The molecular weight excluding hydrogens is 254 g/mol. The summed E-state index contributed by atoms with van der Waals surface area (Å²) in [6, 6.07) is 0. The molecule has 1 aliphatic heterocycles. The Morgan fingerprint density at radius 3 is 1.30 bits per heavy atom. The van der Waals surface area contributed by atoms with E-state index in [1.165, 1.54) is 12.8 Å². The van der Waals surface area contributed by atoms with Crippen LogP contribution in [0.2, 0.25) is 0 Å². The molecule has 1 nitrogen and oxygen atoms in total. The summed E-state index contributed by atoms with van der Waals surface area (Å²) in [5.41, 5.74) is 0. The first-order valence-electron chi connectivity index (χ1n) is 2.83. The van der Waals surface area contributed by atoms with Crippen molar-refractivity contribution in [3.05, 3.63) is 0 Å². The molecule has 0 aromatic heterocycles. The van der Waals surface area contributed by atoms with Gasteiger partial charge in [0.1, 0.15) is 0 Å². The van der Waals surface area contributed by atoms with E-state index in [9.17, 15) is 0 Å². The van der Waals surface area contributed by atoms with Crippen LogP contribution in [0, 0.1) is 0 Å². The van der Waals surface area contributed by atoms with Gasteiger partial charge in [-0.15, -0.1) is 0 Å². The predicted molar refractivity (Wildman–Crippen MR) is 43.5 cm³/mol. The van der Waals surface area contributed by atoms with Crippen LogP contribution in [0.3, 0.4) is 0 Å². The van der Waals surface area contributed by atoms with Crippen LogP contribution in [0.1, 0.15) is 12.8 Å². The third-order valence-electron chi connectivity index (χ3n) is 0.827. The fourth-order valence-electron chi connectivity index (χ4n) is 0.510. The van der Waals surface area contributed by atoms with E-state index in [0.29, 0.717) is 0 Å². The zero-order valence-electron chi connectivity index (χ0n) is 5.25. The van der Waals surface area contributed by atoms with Crippen LogP contribution in [0.4, 0.5) is 0 Å². The molecule has 0 amide bonds. The Balaban J connectivity index is 0.000000162. The van der Waals surface area contributed by atoms with Gasteiger partial charge in [0.2, 0.25) is 0 Å². The van der Waals surface area contributed by atoms with Crippen LogP contribution < -0.4 is 0 Å². The summed E-state index contributed by atoms with van der Waals surface area (Å²) in [6.07, 6.45) is 2.56. The molecular formula is C4H8Cl4OTi. The number of hydrogen-bond donors (Lipinski definition) is 0. The number of hydrogen-bond acceptors (Lipinski definition) is 1. The van der Waals surface area contributed by atoms with Gasteiger partial charge >= 0.3 is 49.6 Å². The molecule has 1 saturated heterocycles. The van der Waals surface area contributed by atoms with E-state index in [2.05, 4.69) is 0 Å². The molecule has 0 aliphatic carbocycles. The van der Waals surface area contributed by atoms with Crippen LogP contribution in [-0.4, -0.2) is 13.2 Å². The number of rotatable bonds is 0. The third kappa shape index (κ3) is 16.4. The Morgan fingerprint density at radius 2 is 1.20 bits per heavy atom. The summed E-state index contributed by atoms with van der Waals surface area (Å²) < 4.78 is 4.94. The average molecular weight is 262 g/mol. The first-order chi connectivity index (χ1) is 4.50. The number of halogens is 4. The number of ether oxygens (including phenoxy) is 1. The Hall–Kier alpha value is 1.83. The summed E-state index contributed by atoms with van der Waals surface area (Å²) in [6.45, 7) is 2.00. The van der Waals surface area contributed by atoms with Crippen LogP contribution in [0.5, 0.6) is 0 Å². The van der Waals surface area contributed by atoms with Crippen molar-refractivity contribution in [2.75, 3.05) is 13.2 Å². The van der Waals surface area contributed by atoms with Crippen molar-refractivity contribution in [3.63, 3.8) is 0 Å². The van der Waals surface area contributed by atoms with Crippen LogP contribution in [0.15, 0.2) is 0 Å². The van der Waals surface area contributed by atoms with Gasteiger partial charge in [-0.3, -0.25) is 0 Å². The second kappa shape index (κ2) is 6.36. The molecule has 1 fully saturated rings. The van der Waals surface area contributed by atoms with Gasteiger partial charge in [0.15, 0.2) is 0 Å². The van der Waals surface area contributed by atoms with Crippen molar-refractivity contribution in [1.82, 2.24) is 0 Å². The molecule has 0 unspecified atom stereocenters. The molecule has 0 aromatic rings. The molecule has 0 saturated carbocycles. The molecule has 6 heteroatoms. The average Bonchev–Trinajstić information content (AvgIpc) is 2.07. The molecule has 1 heterocycles. The molecule has 0 bridgehead atoms. The molecule has 0 atom stereocenters. The van der Waals surface area contributed by atoms with Crippen molar-refractivity contribution in [1.29, 1.82) is 0 Å². The SMILES string of the molecule is C1CCOC1.[Cl][Ti]([Cl])([Cl])[Cl]. The van der Waals surface area contributed by atoms with Crippen LogP contribution >= 0.6 is 37.2 Å². The van der Waals surface area contributed by atoms with E-state index in [1.54, 1.807) is 0 Å². The van der Waals surface area contributed by atoms with E-state index < -0.39 is 12.3 Å². The van der Waals surface area contributed by atoms with Crippen LogP contribution in [-0.2, 0) is 17.1 Å². The van der Waals surface area contributed by atoms with Crippen molar-refractivity contribution in [2.24, 2.45) is 0 Å². The minimum atomic E-state index is -3.11. The zero-order chi connectivity index (χ0) is 8.04. The van der Waals surface area contributed by atoms with Gasteiger partial charge < -0.3 is 4.74 Å². The van der Waals surface area contributed by atoms with Crippen LogP contribution in [0.25, 0.3) is 0 Å². The second-order valence-corrected chi connectivity index (χ2v) is 17.2. The van der Waals surface area contributed by atoms with Gasteiger partial charge in [-0.25, -0.2) is 0 Å². The summed E-state index contributed by atoms with van der Waals surface area (Å²) in [4.78, 5) is 0. The zero-order valence-corrected chi connectivity index (χ0v) is 9.83. The Morgan fingerprint density at radius 1 is 0.900 bits per heavy atom. The molecule has 1 rings (SSSR count). The maximum atomic E-state index is 5.01. The van der Waals surface area contributed by atoms with Gasteiger partial charge in [-0.2, -0.15) is 0 Å². The summed E-state index contributed by atoms with van der Waals surface area (Å²) in [5, 5.41) is 0. The van der Waals surface area contributed by atoms with Crippen molar-refractivity contribution < 1.29 is 17.1 Å². The monoisotopic (exact) mass is 260 g/mol. The molecule has 10 heavy (non-hydrogen) atoms. The summed E-state index contributed by atoms with van der Waals surface area (Å²) in [7, 11) is 20.1. The Labute approximate surface area is 79.8 Å². The van der Waals surface area contributed by atoms with Gasteiger partial charge in [-0.05, 0) is 12.8 Å². The minimum absolute atomic E-state index is 1.00. The molecule has 0 spiro atoms. The van der Waals surface area contributed by atoms with E-state index in [4.69, 9.17) is 42.0 Å². The van der Waals surface area contributed by atoms with E-state index in [0.717, 1.165) is 13.2 Å². The summed E-state index contributed by atoms with van der Waals surface area (Å²) >= 11 is -3.11. The standard InChI is InChI=1S/C4H8O.4ClH.Ti/c1-2-4-5-3-1;;;;;/h1-4H2;4*1H;/q;;;;;+4/p-4. The van der Waals surface area contributed by atoms with Gasteiger partial charge in [-0.1, -0.05) is 0 Å². The fourth-order valence-corrected chi connectivity index (χ4v) is 0.510. The topological polar surface area (TPSA) is 9.23 Å². The maximum absolute atomic E-state index is 5.01. The van der Waals surface area contributed by atoms with Gasteiger partial charge in [0.05, 0.1) is 0 Å². The summed E-state index contributed by atoms with van der Waals surface area (Å²) in [5.74, 6) is 0. The molecule has 0 aromatic carbocycles. The molecule has 62 valence electrons. The quantitative estimate of drug-likeness (QED) is 0.606. The first kappa shape index (κ1) is 11.8.